The average molecular weight is 286 g/mol. The lowest BCUT2D eigenvalue weighted by molar-refractivity contribution is 0.782. The average Bonchev–Trinajstić information content (AvgIpc) is 2.73. The van der Waals surface area contributed by atoms with E-state index in [9.17, 15) is 0 Å². The number of nitrogens with zero attached hydrogens (tertiary/aromatic N) is 2. The van der Waals surface area contributed by atoms with Crippen LogP contribution in [0.4, 0.5) is 5.82 Å². The summed E-state index contributed by atoms with van der Waals surface area (Å²) in [7, 11) is 1.88. The topological polar surface area (TPSA) is 43.8 Å². The Labute approximate surface area is 101 Å². The molecule has 0 saturated heterocycles. The van der Waals surface area contributed by atoms with E-state index in [1.54, 1.807) is 16.0 Å². The number of hydrogen-bond donors (Lipinski definition) is 1. The maximum absolute atomic E-state index is 5.95. The van der Waals surface area contributed by atoms with Gasteiger partial charge in [-0.15, -0.1) is 11.3 Å². The molecular weight excluding hydrogens is 274 g/mol. The van der Waals surface area contributed by atoms with Crippen LogP contribution in [0.3, 0.4) is 0 Å². The van der Waals surface area contributed by atoms with E-state index >= 15 is 0 Å². The number of thiophene rings is 1. The Kier molecular flexibility index (Phi) is 2.84. The molecular formula is C10H12BrN3S. The van der Waals surface area contributed by atoms with Gasteiger partial charge in [-0.05, 0) is 34.5 Å². The number of aryl methyl sites for hydroxylation is 1. The van der Waals surface area contributed by atoms with E-state index in [2.05, 4.69) is 34.0 Å². The van der Waals surface area contributed by atoms with Gasteiger partial charge in [0.2, 0.25) is 0 Å². The van der Waals surface area contributed by atoms with Gasteiger partial charge in [0.05, 0.1) is 8.66 Å². The van der Waals surface area contributed by atoms with Crippen LogP contribution >= 0.6 is 27.3 Å². The maximum atomic E-state index is 5.95. The van der Waals surface area contributed by atoms with Crippen molar-refractivity contribution < 1.29 is 0 Å². The van der Waals surface area contributed by atoms with E-state index in [0.29, 0.717) is 0 Å². The number of halogens is 1. The zero-order chi connectivity index (χ0) is 11.0. The van der Waals surface area contributed by atoms with Crippen LogP contribution in [0.15, 0.2) is 15.9 Å². The molecule has 0 amide bonds. The van der Waals surface area contributed by atoms with Crippen molar-refractivity contribution in [2.45, 2.75) is 13.3 Å². The second kappa shape index (κ2) is 3.98. The van der Waals surface area contributed by atoms with Gasteiger partial charge in [-0.3, -0.25) is 4.68 Å². The molecule has 80 valence electrons. The van der Waals surface area contributed by atoms with Crippen LogP contribution in [0.25, 0.3) is 10.6 Å². The molecule has 0 aliphatic carbocycles. The highest BCUT2D eigenvalue weighted by Gasteiger charge is 2.14. The summed E-state index contributed by atoms with van der Waals surface area (Å²) >= 11 is 5.13. The molecule has 2 aromatic rings. The fraction of sp³-hybridized carbons (Fsp3) is 0.300. The first-order chi connectivity index (χ1) is 7.13. The van der Waals surface area contributed by atoms with E-state index in [1.165, 1.54) is 0 Å². The second-order valence-electron chi connectivity index (χ2n) is 3.29. The van der Waals surface area contributed by atoms with Crippen molar-refractivity contribution in [1.82, 2.24) is 9.78 Å². The predicted octanol–water partition coefficient (Wildman–Crippen LogP) is 3.06. The highest BCUT2D eigenvalue weighted by Crippen LogP contribution is 2.34. The van der Waals surface area contributed by atoms with Gasteiger partial charge in [0, 0.05) is 12.6 Å². The molecule has 0 radical (unpaired) electrons. The highest BCUT2D eigenvalue weighted by molar-refractivity contribution is 9.11. The van der Waals surface area contributed by atoms with Crippen LogP contribution in [0.1, 0.15) is 12.5 Å². The summed E-state index contributed by atoms with van der Waals surface area (Å²) in [5, 5.41) is 4.45. The number of nitrogen functional groups attached to an aromatic ring is 1. The zero-order valence-electron chi connectivity index (χ0n) is 8.62. The molecule has 0 saturated carbocycles. The molecule has 2 aromatic heterocycles. The quantitative estimate of drug-likeness (QED) is 0.922. The first-order valence-electron chi connectivity index (χ1n) is 4.70. The van der Waals surface area contributed by atoms with Crippen molar-refractivity contribution >= 4 is 33.1 Å². The molecule has 3 nitrogen and oxygen atoms in total. The van der Waals surface area contributed by atoms with Gasteiger partial charge in [-0.1, -0.05) is 6.92 Å². The minimum atomic E-state index is 0.761. The fourth-order valence-electron chi connectivity index (χ4n) is 1.57. The van der Waals surface area contributed by atoms with E-state index < -0.39 is 0 Å². The summed E-state index contributed by atoms with van der Waals surface area (Å²) in [6.45, 7) is 2.10. The summed E-state index contributed by atoms with van der Waals surface area (Å²) in [6, 6.07) is 4.10. The summed E-state index contributed by atoms with van der Waals surface area (Å²) in [5.74, 6) is 0.761. The van der Waals surface area contributed by atoms with Crippen LogP contribution < -0.4 is 5.73 Å². The zero-order valence-corrected chi connectivity index (χ0v) is 11.0. The van der Waals surface area contributed by atoms with Crippen molar-refractivity contribution in [3.05, 3.63) is 21.5 Å². The number of rotatable bonds is 2. The van der Waals surface area contributed by atoms with Crippen LogP contribution in [-0.4, -0.2) is 9.78 Å². The third-order valence-corrected chi connectivity index (χ3v) is 3.98. The molecule has 5 heteroatoms. The molecule has 2 heterocycles. The van der Waals surface area contributed by atoms with Crippen molar-refractivity contribution in [2.24, 2.45) is 7.05 Å². The Bertz CT molecular complexity index is 487. The van der Waals surface area contributed by atoms with E-state index in [0.717, 1.165) is 32.2 Å². The molecule has 0 unspecified atom stereocenters. The summed E-state index contributed by atoms with van der Waals surface area (Å²) < 4.78 is 2.85. The van der Waals surface area contributed by atoms with Crippen LogP contribution in [0.5, 0.6) is 0 Å². The Hall–Kier alpha value is -0.810. The molecule has 0 aliphatic rings. The molecule has 0 spiro atoms. The molecule has 0 aromatic carbocycles. The Morgan fingerprint density at radius 1 is 1.53 bits per heavy atom. The van der Waals surface area contributed by atoms with Crippen molar-refractivity contribution in [3.63, 3.8) is 0 Å². The summed E-state index contributed by atoms with van der Waals surface area (Å²) in [5.41, 5.74) is 8.09. The van der Waals surface area contributed by atoms with Gasteiger partial charge in [-0.25, -0.2) is 0 Å². The summed E-state index contributed by atoms with van der Waals surface area (Å²) in [6.07, 6.45) is 0.907. The van der Waals surface area contributed by atoms with Crippen LogP contribution in [-0.2, 0) is 13.5 Å². The minimum Gasteiger partial charge on any atom is -0.384 e. The molecule has 0 bridgehead atoms. The van der Waals surface area contributed by atoms with Crippen molar-refractivity contribution in [1.29, 1.82) is 0 Å². The van der Waals surface area contributed by atoms with Crippen molar-refractivity contribution in [2.75, 3.05) is 5.73 Å². The van der Waals surface area contributed by atoms with E-state index in [1.807, 2.05) is 13.1 Å². The molecule has 0 atom stereocenters. The first-order valence-corrected chi connectivity index (χ1v) is 6.31. The fourth-order valence-corrected chi connectivity index (χ4v) is 2.97. The molecule has 2 rings (SSSR count). The van der Waals surface area contributed by atoms with Gasteiger partial charge < -0.3 is 5.73 Å². The van der Waals surface area contributed by atoms with Crippen molar-refractivity contribution in [3.8, 4) is 10.6 Å². The van der Waals surface area contributed by atoms with Crippen LogP contribution in [0, 0.1) is 0 Å². The lowest BCUT2D eigenvalue weighted by Gasteiger charge is -1.96. The monoisotopic (exact) mass is 285 g/mol. The SMILES string of the molecule is CCc1c(-c2ccc(Br)s2)nn(C)c1N. The van der Waals surface area contributed by atoms with Gasteiger partial charge in [0.25, 0.3) is 0 Å². The lowest BCUT2D eigenvalue weighted by atomic mass is 10.1. The Balaban J connectivity index is 2.57. The maximum Gasteiger partial charge on any atom is 0.125 e. The molecule has 2 N–H and O–H groups in total. The lowest BCUT2D eigenvalue weighted by Crippen LogP contribution is -1.98. The molecule has 0 fully saturated rings. The Morgan fingerprint density at radius 2 is 2.27 bits per heavy atom. The number of hydrogen-bond acceptors (Lipinski definition) is 3. The second-order valence-corrected chi connectivity index (χ2v) is 5.76. The van der Waals surface area contributed by atoms with E-state index in [-0.39, 0.29) is 0 Å². The number of nitrogens with two attached hydrogens (primary N) is 1. The number of anilines is 1. The smallest absolute Gasteiger partial charge is 0.125 e. The largest absolute Gasteiger partial charge is 0.384 e. The first kappa shape index (κ1) is 10.7. The van der Waals surface area contributed by atoms with Gasteiger partial charge in [0.1, 0.15) is 11.5 Å². The highest BCUT2D eigenvalue weighted by atomic mass is 79.9. The standard InChI is InChI=1S/C10H12BrN3S/c1-3-6-9(13-14(2)10(6)12)7-4-5-8(11)15-7/h4-5H,3,12H2,1-2H3. The normalized spacial score (nSPS) is 10.9. The Morgan fingerprint density at radius 3 is 2.80 bits per heavy atom. The molecule has 0 aliphatic heterocycles. The van der Waals surface area contributed by atoms with Crippen LogP contribution in [0.2, 0.25) is 0 Å². The third kappa shape index (κ3) is 1.81. The van der Waals surface area contributed by atoms with Gasteiger partial charge >= 0.3 is 0 Å². The number of aromatic nitrogens is 2. The third-order valence-electron chi connectivity index (χ3n) is 2.35. The minimum absolute atomic E-state index is 0.761. The van der Waals surface area contributed by atoms with Gasteiger partial charge in [-0.2, -0.15) is 5.10 Å². The van der Waals surface area contributed by atoms with E-state index in [4.69, 9.17) is 5.73 Å². The molecule has 15 heavy (non-hydrogen) atoms. The summed E-state index contributed by atoms with van der Waals surface area (Å²) in [4.78, 5) is 1.16. The van der Waals surface area contributed by atoms with Gasteiger partial charge in [0.15, 0.2) is 0 Å². The predicted molar refractivity (Wildman–Crippen MR) is 68.0 cm³/mol.